The second kappa shape index (κ2) is 10.6. The summed E-state index contributed by atoms with van der Waals surface area (Å²) in [4.78, 5) is 23.3. The average molecular weight is 552 g/mol. The Hall–Kier alpha value is -4.86. The molecule has 0 spiro atoms. The summed E-state index contributed by atoms with van der Waals surface area (Å²) in [5.41, 5.74) is 6.51. The Balaban J connectivity index is 1.20. The van der Waals surface area contributed by atoms with Gasteiger partial charge in [-0.05, 0) is 92.6 Å². The van der Waals surface area contributed by atoms with Crippen molar-refractivity contribution in [3.63, 3.8) is 0 Å². The van der Waals surface area contributed by atoms with Crippen LogP contribution in [0.4, 0.5) is 11.5 Å². The third-order valence-electron chi connectivity index (χ3n) is 7.75. The number of carbonyl (C=O) groups excluding carboxylic acids is 1. The Morgan fingerprint density at radius 2 is 1.88 bits per heavy atom. The number of rotatable bonds is 6. The normalized spacial score (nSPS) is 14.0. The molecular weight excluding hydrogens is 518 g/mol. The van der Waals surface area contributed by atoms with Crippen molar-refractivity contribution < 1.29 is 14.6 Å². The molecule has 5 aromatic rings. The number of aliphatic hydroxyl groups excluding tert-OH is 1. The third kappa shape index (κ3) is 5.08. The Bertz CT molecular complexity index is 1790. The molecule has 41 heavy (non-hydrogen) atoms. The molecule has 0 unspecified atom stereocenters. The number of nitrogens with one attached hydrogen (secondary N) is 1. The minimum absolute atomic E-state index is 0.154. The zero-order valence-electron chi connectivity index (χ0n) is 23.6. The van der Waals surface area contributed by atoms with E-state index in [2.05, 4.69) is 26.4 Å². The van der Waals surface area contributed by atoms with E-state index >= 15 is 0 Å². The monoisotopic (exact) mass is 551 g/mol. The summed E-state index contributed by atoms with van der Waals surface area (Å²) in [6.45, 7) is 6.67. The third-order valence-corrected chi connectivity index (χ3v) is 7.75. The molecule has 210 valence electrons. The Labute approximate surface area is 237 Å². The summed E-state index contributed by atoms with van der Waals surface area (Å²) in [6.07, 6.45) is 6.88. The van der Waals surface area contributed by atoms with E-state index in [0.29, 0.717) is 18.7 Å². The smallest absolute Gasteiger partial charge is 0.288 e. The number of fused-ring (bicyclic) bond motifs is 2. The van der Waals surface area contributed by atoms with Crippen LogP contribution in [0.15, 0.2) is 72.6 Å². The van der Waals surface area contributed by atoms with E-state index < -0.39 is 0 Å². The number of benzene rings is 2. The minimum Gasteiger partial charge on any atom is -0.503 e. The summed E-state index contributed by atoms with van der Waals surface area (Å²) in [7, 11) is 1.97. The first-order valence-corrected chi connectivity index (χ1v) is 13.7. The van der Waals surface area contributed by atoms with Gasteiger partial charge in [0.25, 0.3) is 5.91 Å². The SMILES string of the molecule is CC(C)=C(O)C(=O)N1CCC(c2ccn3ncnc(Nc4ccc(Oc5ccc6c(c5)ncn6C)c(C)c4)c23)CC1. The van der Waals surface area contributed by atoms with Crippen LogP contribution in [0.25, 0.3) is 16.6 Å². The molecule has 0 aliphatic carbocycles. The highest BCUT2D eigenvalue weighted by molar-refractivity contribution is 5.91. The lowest BCUT2D eigenvalue weighted by Crippen LogP contribution is -2.39. The molecule has 1 saturated heterocycles. The number of imidazole rings is 1. The van der Waals surface area contributed by atoms with Crippen LogP contribution < -0.4 is 10.1 Å². The summed E-state index contributed by atoms with van der Waals surface area (Å²) in [6, 6.07) is 14.0. The standard InChI is InChI=1S/C31H33N7O3/c1-19(2)29(39)31(40)37-12-9-21(10-13-37)24-11-14-38-28(24)30(32-17-34-38)35-22-5-8-27(20(3)15-22)41-23-6-7-26-25(16-23)33-18-36(26)4/h5-8,11,14-18,21,39H,9-10,12-13H2,1-4H3,(H,32,34,35). The Kier molecular flexibility index (Phi) is 6.82. The number of piperidine rings is 1. The van der Waals surface area contributed by atoms with Gasteiger partial charge in [-0.2, -0.15) is 5.10 Å². The van der Waals surface area contributed by atoms with E-state index in [0.717, 1.165) is 63.5 Å². The van der Waals surface area contributed by atoms with Gasteiger partial charge in [-0.15, -0.1) is 0 Å². The lowest BCUT2D eigenvalue weighted by Gasteiger charge is -2.32. The zero-order chi connectivity index (χ0) is 28.7. The lowest BCUT2D eigenvalue weighted by atomic mass is 9.90. The van der Waals surface area contributed by atoms with Crippen molar-refractivity contribution in [1.82, 2.24) is 29.0 Å². The van der Waals surface area contributed by atoms with Crippen LogP contribution >= 0.6 is 0 Å². The highest BCUT2D eigenvalue weighted by Crippen LogP contribution is 2.36. The maximum absolute atomic E-state index is 12.6. The largest absolute Gasteiger partial charge is 0.503 e. The first kappa shape index (κ1) is 26.4. The maximum Gasteiger partial charge on any atom is 0.288 e. The van der Waals surface area contributed by atoms with Crippen molar-refractivity contribution in [3.05, 3.63) is 83.8 Å². The van der Waals surface area contributed by atoms with Gasteiger partial charge in [-0.1, -0.05) is 0 Å². The second-order valence-electron chi connectivity index (χ2n) is 10.8. The number of hydrogen-bond donors (Lipinski definition) is 2. The number of aliphatic hydroxyl groups is 1. The number of nitrogens with zero attached hydrogens (tertiary/aromatic N) is 6. The van der Waals surface area contributed by atoms with Crippen molar-refractivity contribution in [2.45, 2.75) is 39.5 Å². The molecule has 10 heteroatoms. The molecule has 1 aliphatic rings. The van der Waals surface area contributed by atoms with Crippen molar-refractivity contribution in [2.75, 3.05) is 18.4 Å². The highest BCUT2D eigenvalue weighted by Gasteiger charge is 2.28. The number of carbonyl (C=O) groups is 1. The number of anilines is 2. The van der Waals surface area contributed by atoms with Crippen LogP contribution in [0.2, 0.25) is 0 Å². The summed E-state index contributed by atoms with van der Waals surface area (Å²) in [5.74, 6) is 2.02. The highest BCUT2D eigenvalue weighted by atomic mass is 16.5. The quantitative estimate of drug-likeness (QED) is 0.196. The molecule has 2 aromatic carbocycles. The molecule has 6 rings (SSSR count). The Morgan fingerprint density at radius 1 is 1.07 bits per heavy atom. The van der Waals surface area contributed by atoms with Gasteiger partial charge in [0.1, 0.15) is 23.3 Å². The van der Waals surface area contributed by atoms with Crippen LogP contribution in [0, 0.1) is 6.92 Å². The van der Waals surface area contributed by atoms with Gasteiger partial charge in [0.2, 0.25) is 0 Å². The van der Waals surface area contributed by atoms with Crippen LogP contribution in [0.1, 0.15) is 43.7 Å². The predicted octanol–water partition coefficient (Wildman–Crippen LogP) is 6.02. The van der Waals surface area contributed by atoms with Gasteiger partial charge in [0.05, 0.1) is 17.4 Å². The predicted molar refractivity (Wildman–Crippen MR) is 158 cm³/mol. The molecule has 0 bridgehead atoms. The van der Waals surface area contributed by atoms with Crippen molar-refractivity contribution >= 4 is 34.0 Å². The first-order valence-electron chi connectivity index (χ1n) is 13.7. The number of aromatic nitrogens is 5. The van der Waals surface area contributed by atoms with Crippen molar-refractivity contribution in [3.8, 4) is 11.5 Å². The fourth-order valence-electron chi connectivity index (χ4n) is 5.44. The fourth-order valence-corrected chi connectivity index (χ4v) is 5.44. The van der Waals surface area contributed by atoms with E-state index in [9.17, 15) is 9.90 Å². The Morgan fingerprint density at radius 3 is 2.63 bits per heavy atom. The summed E-state index contributed by atoms with van der Waals surface area (Å²) < 4.78 is 10.0. The molecule has 0 atom stereocenters. The van der Waals surface area contributed by atoms with E-state index in [1.807, 2.05) is 65.6 Å². The number of hydrogen-bond acceptors (Lipinski definition) is 7. The number of aryl methyl sites for hydroxylation is 2. The van der Waals surface area contributed by atoms with Gasteiger partial charge in [-0.25, -0.2) is 14.5 Å². The molecule has 3 aromatic heterocycles. The lowest BCUT2D eigenvalue weighted by molar-refractivity contribution is -0.131. The molecule has 0 saturated carbocycles. The van der Waals surface area contributed by atoms with Crippen LogP contribution in [-0.2, 0) is 11.8 Å². The van der Waals surface area contributed by atoms with E-state index in [4.69, 9.17) is 4.74 Å². The van der Waals surface area contributed by atoms with Crippen molar-refractivity contribution in [2.24, 2.45) is 7.05 Å². The van der Waals surface area contributed by atoms with Gasteiger partial charge in [0, 0.05) is 38.1 Å². The van der Waals surface area contributed by atoms with Crippen LogP contribution in [0.5, 0.6) is 11.5 Å². The number of likely N-dealkylation sites (tertiary alicyclic amines) is 1. The van der Waals surface area contributed by atoms with Gasteiger partial charge in [0.15, 0.2) is 11.6 Å². The molecule has 1 aliphatic heterocycles. The average Bonchev–Trinajstić information content (AvgIpc) is 3.58. The van der Waals surface area contributed by atoms with Gasteiger partial charge >= 0.3 is 0 Å². The molecule has 1 fully saturated rings. The fraction of sp³-hybridized carbons (Fsp3) is 0.290. The van der Waals surface area contributed by atoms with E-state index in [1.165, 1.54) is 0 Å². The molecule has 2 N–H and O–H groups in total. The van der Waals surface area contributed by atoms with Crippen LogP contribution in [-0.4, -0.2) is 53.2 Å². The van der Waals surface area contributed by atoms with Crippen molar-refractivity contribution in [1.29, 1.82) is 0 Å². The van der Waals surface area contributed by atoms with E-state index in [-0.39, 0.29) is 17.6 Å². The number of allylic oxidation sites excluding steroid dienone is 1. The minimum atomic E-state index is -0.295. The number of ether oxygens (including phenoxy) is 1. The molecular formula is C31H33N7O3. The molecule has 10 nitrogen and oxygen atoms in total. The topological polar surface area (TPSA) is 110 Å². The zero-order valence-corrected chi connectivity index (χ0v) is 23.6. The number of amides is 1. The summed E-state index contributed by atoms with van der Waals surface area (Å²) >= 11 is 0. The maximum atomic E-state index is 12.6. The van der Waals surface area contributed by atoms with Gasteiger partial charge < -0.3 is 24.6 Å². The van der Waals surface area contributed by atoms with Crippen LogP contribution in [0.3, 0.4) is 0 Å². The van der Waals surface area contributed by atoms with E-state index in [1.54, 1.807) is 31.4 Å². The van der Waals surface area contributed by atoms with Gasteiger partial charge in [-0.3, -0.25) is 4.79 Å². The first-order chi connectivity index (χ1) is 19.8. The molecule has 4 heterocycles. The molecule has 0 radical (unpaired) electrons. The second-order valence-corrected chi connectivity index (χ2v) is 10.8. The molecule has 1 amide bonds. The summed E-state index contributed by atoms with van der Waals surface area (Å²) in [5, 5.41) is 18.0.